The summed E-state index contributed by atoms with van der Waals surface area (Å²) in [5.41, 5.74) is 0.725. The lowest BCUT2D eigenvalue weighted by atomic mass is 9.85. The van der Waals surface area contributed by atoms with Crippen LogP contribution in [0.4, 0.5) is 10.7 Å². The monoisotopic (exact) mass is 265 g/mol. The average Bonchev–Trinajstić information content (AvgIpc) is 3.05. The quantitative estimate of drug-likeness (QED) is 0.773. The molecule has 1 aromatic rings. The number of amides is 2. The zero-order valence-electron chi connectivity index (χ0n) is 10.9. The molecule has 2 bridgehead atoms. The summed E-state index contributed by atoms with van der Waals surface area (Å²) in [7, 11) is 0. The number of carbonyl (C=O) groups excluding carboxylic acids is 1. The van der Waals surface area contributed by atoms with Gasteiger partial charge in [-0.1, -0.05) is 5.16 Å². The molecule has 6 heteroatoms. The molecule has 2 fully saturated rings. The molecule has 0 radical (unpaired) electrons. The maximum absolute atomic E-state index is 11.9. The number of rotatable bonds is 3. The molecule has 104 valence electrons. The van der Waals surface area contributed by atoms with Gasteiger partial charge in [-0.05, 0) is 38.0 Å². The van der Waals surface area contributed by atoms with E-state index in [1.807, 2.05) is 0 Å². The predicted octanol–water partition coefficient (Wildman–Crippen LogP) is 1.51. The Labute approximate surface area is 111 Å². The molecule has 1 aromatic heterocycles. The van der Waals surface area contributed by atoms with Crippen molar-refractivity contribution in [2.45, 2.75) is 32.2 Å². The van der Waals surface area contributed by atoms with Gasteiger partial charge in [0, 0.05) is 24.6 Å². The highest BCUT2D eigenvalue weighted by molar-refractivity contribution is 5.88. The van der Waals surface area contributed by atoms with Crippen molar-refractivity contribution in [1.29, 1.82) is 0 Å². The SMILES string of the molecule is Cc1cc(NC(=O)N[C@H]2[C@H]3CC[C@@H](C3)[C@H]2CO)on1. The van der Waals surface area contributed by atoms with E-state index in [2.05, 4.69) is 15.8 Å². The number of nitrogens with zero attached hydrogens (tertiary/aromatic N) is 1. The van der Waals surface area contributed by atoms with Crippen LogP contribution in [0.3, 0.4) is 0 Å². The Kier molecular flexibility index (Phi) is 3.18. The molecule has 3 N–H and O–H groups in total. The van der Waals surface area contributed by atoms with Crippen molar-refractivity contribution in [3.05, 3.63) is 11.8 Å². The fraction of sp³-hybridized carbons (Fsp3) is 0.692. The van der Waals surface area contributed by atoms with Gasteiger partial charge in [0.1, 0.15) is 0 Å². The predicted molar refractivity (Wildman–Crippen MR) is 68.6 cm³/mol. The van der Waals surface area contributed by atoms with Crippen LogP contribution in [0.5, 0.6) is 0 Å². The topological polar surface area (TPSA) is 87.4 Å². The second-order valence-electron chi connectivity index (χ2n) is 5.64. The summed E-state index contributed by atoms with van der Waals surface area (Å²) >= 11 is 0. The van der Waals surface area contributed by atoms with E-state index in [0.717, 1.165) is 18.5 Å². The van der Waals surface area contributed by atoms with Crippen LogP contribution in [0.2, 0.25) is 0 Å². The van der Waals surface area contributed by atoms with Crippen molar-refractivity contribution in [2.24, 2.45) is 17.8 Å². The number of urea groups is 1. The van der Waals surface area contributed by atoms with Crippen LogP contribution in [-0.4, -0.2) is 28.9 Å². The lowest BCUT2D eigenvalue weighted by Crippen LogP contribution is -2.46. The van der Waals surface area contributed by atoms with E-state index in [9.17, 15) is 9.90 Å². The molecule has 1 heterocycles. The zero-order valence-corrected chi connectivity index (χ0v) is 10.9. The minimum Gasteiger partial charge on any atom is -0.396 e. The molecule has 3 rings (SSSR count). The molecule has 4 atom stereocenters. The number of nitrogens with one attached hydrogen (secondary N) is 2. The summed E-state index contributed by atoms with van der Waals surface area (Å²) < 4.78 is 4.94. The third-order valence-electron chi connectivity index (χ3n) is 4.46. The highest BCUT2D eigenvalue weighted by atomic mass is 16.5. The smallest absolute Gasteiger partial charge is 0.321 e. The fourth-order valence-corrected chi connectivity index (χ4v) is 3.62. The van der Waals surface area contributed by atoms with Gasteiger partial charge < -0.3 is 14.9 Å². The Morgan fingerprint density at radius 3 is 3.00 bits per heavy atom. The fourth-order valence-electron chi connectivity index (χ4n) is 3.62. The van der Waals surface area contributed by atoms with Crippen molar-refractivity contribution >= 4 is 11.9 Å². The summed E-state index contributed by atoms with van der Waals surface area (Å²) in [6, 6.07) is 1.46. The maximum Gasteiger partial charge on any atom is 0.321 e. The molecule has 19 heavy (non-hydrogen) atoms. The van der Waals surface area contributed by atoms with Gasteiger partial charge >= 0.3 is 6.03 Å². The van der Waals surface area contributed by atoms with Gasteiger partial charge in [0.15, 0.2) is 0 Å². The molecule has 2 aliphatic rings. The van der Waals surface area contributed by atoms with E-state index >= 15 is 0 Å². The van der Waals surface area contributed by atoms with Gasteiger partial charge in [-0.3, -0.25) is 5.32 Å². The van der Waals surface area contributed by atoms with E-state index in [4.69, 9.17) is 4.52 Å². The number of aliphatic hydroxyl groups is 1. The van der Waals surface area contributed by atoms with Crippen LogP contribution in [0.15, 0.2) is 10.6 Å². The number of aromatic nitrogens is 1. The Morgan fingerprint density at radius 2 is 2.32 bits per heavy atom. The number of carbonyl (C=O) groups is 1. The molecule has 2 aliphatic carbocycles. The molecule has 2 saturated carbocycles. The Bertz CT molecular complexity index is 473. The minimum atomic E-state index is -0.285. The standard InChI is InChI=1S/C13H19N3O3/c1-7-4-11(19-16-7)14-13(18)15-12-9-3-2-8(5-9)10(12)6-17/h4,8-10,12,17H,2-3,5-6H2,1H3,(H2,14,15,18)/t8-,9-,10+,12-/m0/s1. The van der Waals surface area contributed by atoms with Crippen molar-refractivity contribution in [2.75, 3.05) is 11.9 Å². The third-order valence-corrected chi connectivity index (χ3v) is 4.46. The summed E-state index contributed by atoms with van der Waals surface area (Å²) in [6.45, 7) is 1.94. The van der Waals surface area contributed by atoms with Gasteiger partial charge in [-0.25, -0.2) is 4.79 Å². The van der Waals surface area contributed by atoms with Crippen LogP contribution in [0.1, 0.15) is 25.0 Å². The number of anilines is 1. The molecule has 0 spiro atoms. The number of fused-ring (bicyclic) bond motifs is 2. The third kappa shape index (κ3) is 2.32. The van der Waals surface area contributed by atoms with Crippen LogP contribution >= 0.6 is 0 Å². The highest BCUT2D eigenvalue weighted by Crippen LogP contribution is 2.48. The number of aliphatic hydroxyl groups excluding tert-OH is 1. The van der Waals surface area contributed by atoms with Crippen LogP contribution < -0.4 is 10.6 Å². The molecule has 0 unspecified atom stereocenters. The Hall–Kier alpha value is -1.56. The lowest BCUT2D eigenvalue weighted by Gasteiger charge is -2.30. The molecule has 6 nitrogen and oxygen atoms in total. The average molecular weight is 265 g/mol. The lowest BCUT2D eigenvalue weighted by molar-refractivity contribution is 0.146. The molecular weight excluding hydrogens is 246 g/mol. The highest BCUT2D eigenvalue weighted by Gasteiger charge is 2.47. The maximum atomic E-state index is 11.9. The molecular formula is C13H19N3O3. The first-order chi connectivity index (χ1) is 9.17. The van der Waals surface area contributed by atoms with E-state index in [0.29, 0.717) is 17.7 Å². The van der Waals surface area contributed by atoms with E-state index < -0.39 is 0 Å². The number of hydrogen-bond donors (Lipinski definition) is 3. The van der Waals surface area contributed by atoms with Crippen molar-refractivity contribution in [3.63, 3.8) is 0 Å². The van der Waals surface area contributed by atoms with Crippen LogP contribution in [0, 0.1) is 24.7 Å². The minimum absolute atomic E-state index is 0.0766. The van der Waals surface area contributed by atoms with E-state index in [1.54, 1.807) is 13.0 Å². The van der Waals surface area contributed by atoms with Crippen LogP contribution in [-0.2, 0) is 0 Å². The van der Waals surface area contributed by atoms with Gasteiger partial charge in [0.05, 0.1) is 5.69 Å². The van der Waals surface area contributed by atoms with Gasteiger partial charge in [0.25, 0.3) is 0 Å². The molecule has 0 aromatic carbocycles. The molecule has 0 aliphatic heterocycles. The normalized spacial score (nSPS) is 32.5. The first-order valence-electron chi connectivity index (χ1n) is 6.79. The number of aryl methyl sites for hydroxylation is 1. The number of hydrogen-bond acceptors (Lipinski definition) is 4. The molecule has 0 saturated heterocycles. The van der Waals surface area contributed by atoms with Gasteiger partial charge in [0.2, 0.25) is 5.88 Å². The zero-order chi connectivity index (χ0) is 13.4. The first-order valence-corrected chi connectivity index (χ1v) is 6.79. The van der Waals surface area contributed by atoms with Crippen LogP contribution in [0.25, 0.3) is 0 Å². The summed E-state index contributed by atoms with van der Waals surface area (Å²) in [6.07, 6.45) is 3.45. The van der Waals surface area contributed by atoms with Gasteiger partial charge in [-0.2, -0.15) is 0 Å². The van der Waals surface area contributed by atoms with Crippen molar-refractivity contribution in [1.82, 2.24) is 10.5 Å². The van der Waals surface area contributed by atoms with E-state index in [1.165, 1.54) is 6.42 Å². The largest absolute Gasteiger partial charge is 0.396 e. The first kappa shape index (κ1) is 12.5. The van der Waals surface area contributed by atoms with E-state index in [-0.39, 0.29) is 24.6 Å². The second-order valence-corrected chi connectivity index (χ2v) is 5.64. The Morgan fingerprint density at radius 1 is 1.53 bits per heavy atom. The summed E-state index contributed by atoms with van der Waals surface area (Å²) in [5, 5.41) is 18.8. The second kappa shape index (κ2) is 4.85. The summed E-state index contributed by atoms with van der Waals surface area (Å²) in [5.74, 6) is 1.61. The molecule has 2 amide bonds. The Balaban J connectivity index is 1.60. The van der Waals surface area contributed by atoms with Gasteiger partial charge in [-0.15, -0.1) is 0 Å². The van der Waals surface area contributed by atoms with Crippen molar-refractivity contribution in [3.8, 4) is 0 Å². The van der Waals surface area contributed by atoms with Crippen molar-refractivity contribution < 1.29 is 14.4 Å². The summed E-state index contributed by atoms with van der Waals surface area (Å²) in [4.78, 5) is 11.9.